The first-order valence-corrected chi connectivity index (χ1v) is 7.46. The van der Waals surface area contributed by atoms with Crippen LogP contribution in [0.5, 0.6) is 0 Å². The van der Waals surface area contributed by atoms with E-state index in [0.29, 0.717) is 10.9 Å². The molecule has 1 atom stereocenters. The van der Waals surface area contributed by atoms with Crippen LogP contribution >= 0.6 is 0 Å². The molecule has 0 aliphatic heterocycles. The summed E-state index contributed by atoms with van der Waals surface area (Å²) in [7, 11) is 1.77. The molecule has 1 aromatic carbocycles. The maximum atomic E-state index is 12.2. The number of aromatic nitrogens is 3. The van der Waals surface area contributed by atoms with Crippen LogP contribution in [0.4, 0.5) is 0 Å². The van der Waals surface area contributed by atoms with Gasteiger partial charge in [0, 0.05) is 29.7 Å². The molecule has 26 heavy (non-hydrogen) atoms. The average Bonchev–Trinajstić information content (AvgIpc) is 3.15. The molecule has 11 heteroatoms. The predicted octanol–water partition coefficient (Wildman–Crippen LogP) is 1.12. The fourth-order valence-corrected chi connectivity index (χ4v) is 3.36. The van der Waals surface area contributed by atoms with Gasteiger partial charge in [-0.1, -0.05) is 28.0 Å². The van der Waals surface area contributed by atoms with Gasteiger partial charge in [-0.05, 0) is 11.0 Å². The van der Waals surface area contributed by atoms with Crippen molar-refractivity contribution in [2.45, 2.75) is 5.92 Å². The van der Waals surface area contributed by atoms with Gasteiger partial charge < -0.3 is 15.0 Å². The fourth-order valence-electron chi connectivity index (χ4n) is 3.36. The maximum absolute atomic E-state index is 12.2. The van der Waals surface area contributed by atoms with Crippen LogP contribution in [0.25, 0.3) is 10.9 Å². The predicted molar refractivity (Wildman–Crippen MR) is 87.4 cm³/mol. The standard InChI is InChI=1S/C15H11N5O6/c1-17-7-9(8-4-2-3-5-10(8)17)13-11(18(21)22)6-12(19(23)24)14-15(13)20(25)26-16-14/h2-7,13,16H,1H3. The topological polar surface area (TPSA) is 149 Å². The number of fused-ring (bicyclic) bond motifs is 2. The van der Waals surface area contributed by atoms with Crippen molar-refractivity contribution in [2.24, 2.45) is 7.05 Å². The molecule has 1 aliphatic carbocycles. The Kier molecular flexibility index (Phi) is 3.19. The maximum Gasteiger partial charge on any atom is 0.289 e. The van der Waals surface area contributed by atoms with Crippen molar-refractivity contribution in [3.63, 3.8) is 0 Å². The Hall–Kier alpha value is -3.89. The van der Waals surface area contributed by atoms with Gasteiger partial charge >= 0.3 is 0 Å². The summed E-state index contributed by atoms with van der Waals surface area (Å²) < 4.78 is 6.46. The molecule has 132 valence electrons. The van der Waals surface area contributed by atoms with Gasteiger partial charge in [0.25, 0.3) is 22.8 Å². The van der Waals surface area contributed by atoms with Gasteiger partial charge in [-0.2, -0.15) is 4.90 Å². The number of hydrogen-bond donors (Lipinski definition) is 1. The summed E-state index contributed by atoms with van der Waals surface area (Å²) in [4.78, 5) is 22.3. The molecule has 4 rings (SSSR count). The summed E-state index contributed by atoms with van der Waals surface area (Å²) in [5, 5.41) is 37.1. The van der Waals surface area contributed by atoms with Gasteiger partial charge in [-0.25, -0.2) is 0 Å². The Morgan fingerprint density at radius 2 is 2.00 bits per heavy atom. The van der Waals surface area contributed by atoms with E-state index in [-0.39, 0.29) is 16.0 Å². The van der Waals surface area contributed by atoms with Crippen molar-refractivity contribution < 1.29 is 19.1 Å². The minimum atomic E-state index is -1.12. The van der Waals surface area contributed by atoms with Crippen molar-refractivity contribution in [1.82, 2.24) is 9.72 Å². The first-order chi connectivity index (χ1) is 12.4. The van der Waals surface area contributed by atoms with Crippen LogP contribution in [-0.2, 0) is 7.05 Å². The summed E-state index contributed by atoms with van der Waals surface area (Å²) in [6.07, 6.45) is 2.53. The molecule has 1 aliphatic rings. The number of aryl methyl sites for hydroxylation is 1. The molecule has 0 radical (unpaired) electrons. The second kappa shape index (κ2) is 5.31. The van der Waals surface area contributed by atoms with Crippen LogP contribution in [-0.4, -0.2) is 25.3 Å². The Bertz CT molecular complexity index is 1180. The lowest BCUT2D eigenvalue weighted by Crippen LogP contribution is -2.30. The minimum absolute atomic E-state index is 0.0434. The third kappa shape index (κ3) is 2.03. The molecule has 0 bridgehead atoms. The number of rotatable bonds is 2. The first kappa shape index (κ1) is 15.6. The molecule has 0 amide bonds. The number of para-hydroxylation sites is 1. The number of aromatic amines is 1. The number of nitrogens with one attached hydrogen (secondary N) is 1. The molecule has 2 aromatic heterocycles. The van der Waals surface area contributed by atoms with E-state index in [0.717, 1.165) is 11.6 Å². The highest BCUT2D eigenvalue weighted by Gasteiger charge is 2.48. The largest absolute Gasteiger partial charge is 0.612 e. The lowest BCUT2D eigenvalue weighted by atomic mass is 9.86. The number of H-pyrrole nitrogens is 1. The van der Waals surface area contributed by atoms with Crippen molar-refractivity contribution in [3.05, 3.63) is 84.6 Å². The van der Waals surface area contributed by atoms with E-state index in [4.69, 9.17) is 0 Å². The lowest BCUT2D eigenvalue weighted by molar-refractivity contribution is -0.720. The molecule has 2 heterocycles. The molecule has 0 saturated carbocycles. The van der Waals surface area contributed by atoms with Gasteiger partial charge in [0.15, 0.2) is 10.5 Å². The van der Waals surface area contributed by atoms with Crippen LogP contribution in [0.2, 0.25) is 0 Å². The van der Waals surface area contributed by atoms with E-state index in [1.54, 1.807) is 29.9 Å². The number of allylic oxidation sites excluding steroid dienone is 2. The SMILES string of the molecule is Cn1cc(C2C([N+](=O)[O-])=CC(=[N+]([O-])[O-])c3[nH]o[n+](=O)c32)c2ccccc21. The molecule has 0 fully saturated rings. The summed E-state index contributed by atoms with van der Waals surface area (Å²) in [6.45, 7) is 0. The highest BCUT2D eigenvalue weighted by Crippen LogP contribution is 2.39. The fraction of sp³-hybridized carbons (Fsp3) is 0.133. The van der Waals surface area contributed by atoms with E-state index in [9.17, 15) is 25.4 Å². The second-order valence-corrected chi connectivity index (χ2v) is 5.82. The van der Waals surface area contributed by atoms with E-state index >= 15 is 0 Å². The molecular formula is C15H11N5O6. The Balaban J connectivity index is 2.10. The van der Waals surface area contributed by atoms with Crippen molar-refractivity contribution >= 4 is 16.6 Å². The summed E-state index contributed by atoms with van der Waals surface area (Å²) in [5.74, 6) is -1.12. The number of benzene rings is 1. The average molecular weight is 357 g/mol. The Morgan fingerprint density at radius 3 is 2.69 bits per heavy atom. The van der Waals surface area contributed by atoms with Crippen molar-refractivity contribution in [2.75, 3.05) is 0 Å². The van der Waals surface area contributed by atoms with Crippen molar-refractivity contribution in [1.29, 1.82) is 0 Å². The second-order valence-electron chi connectivity index (χ2n) is 5.82. The van der Waals surface area contributed by atoms with Crippen LogP contribution in [0.15, 0.2) is 46.9 Å². The monoisotopic (exact) mass is 357 g/mol. The zero-order valence-electron chi connectivity index (χ0n) is 13.3. The Morgan fingerprint density at radius 1 is 1.27 bits per heavy atom. The van der Waals surface area contributed by atoms with E-state index in [2.05, 4.69) is 9.79 Å². The number of hydrogen-bond acceptors (Lipinski definition) is 6. The third-order valence-electron chi connectivity index (χ3n) is 4.44. The van der Waals surface area contributed by atoms with Gasteiger partial charge in [0.2, 0.25) is 0 Å². The van der Waals surface area contributed by atoms with E-state index in [1.807, 2.05) is 12.1 Å². The van der Waals surface area contributed by atoms with Gasteiger partial charge in [-0.3, -0.25) is 10.1 Å². The molecule has 0 spiro atoms. The molecule has 11 nitrogen and oxygen atoms in total. The summed E-state index contributed by atoms with van der Waals surface area (Å²) in [5.41, 5.74) is -0.188. The summed E-state index contributed by atoms with van der Waals surface area (Å²) >= 11 is 0. The first-order valence-electron chi connectivity index (χ1n) is 7.46. The van der Waals surface area contributed by atoms with Gasteiger partial charge in [0.05, 0.1) is 11.0 Å². The zero-order chi connectivity index (χ0) is 18.6. The lowest BCUT2D eigenvalue weighted by Gasteiger charge is -2.14. The Labute approximate surface area is 143 Å². The molecule has 0 saturated heterocycles. The normalized spacial score (nSPS) is 16.4. The van der Waals surface area contributed by atoms with Crippen molar-refractivity contribution in [3.8, 4) is 0 Å². The molecular weight excluding hydrogens is 346 g/mol. The highest BCUT2D eigenvalue weighted by atomic mass is 16.8. The smallest absolute Gasteiger partial charge is 0.289 e. The van der Waals surface area contributed by atoms with E-state index < -0.39 is 27.2 Å². The number of nitro groups is 1. The van der Waals surface area contributed by atoms with E-state index in [1.165, 1.54) is 0 Å². The van der Waals surface area contributed by atoms with Crippen LogP contribution < -0.4 is 4.60 Å². The van der Waals surface area contributed by atoms with Crippen LogP contribution in [0.3, 0.4) is 0 Å². The number of nitrogens with zero attached hydrogens (tertiary/aromatic N) is 4. The molecule has 3 aromatic rings. The van der Waals surface area contributed by atoms with Gasteiger partial charge in [-0.15, -0.1) is 0 Å². The van der Waals surface area contributed by atoms with Gasteiger partial charge in [0.1, 0.15) is 0 Å². The highest BCUT2D eigenvalue weighted by molar-refractivity contribution is 6.06. The molecule has 1 N–H and O–H groups in total. The van der Waals surface area contributed by atoms with Crippen LogP contribution in [0.1, 0.15) is 22.9 Å². The summed E-state index contributed by atoms with van der Waals surface area (Å²) in [6, 6.07) is 7.19. The third-order valence-corrected chi connectivity index (χ3v) is 4.44. The quantitative estimate of drug-likeness (QED) is 0.412. The van der Waals surface area contributed by atoms with Crippen LogP contribution in [0, 0.1) is 25.4 Å². The zero-order valence-corrected chi connectivity index (χ0v) is 13.3. The molecule has 1 unspecified atom stereocenters. The minimum Gasteiger partial charge on any atom is -0.612 e.